The molecule has 1 fully saturated rings. The molecule has 94 valence electrons. The Balaban J connectivity index is 2.27. The molecule has 1 heterocycles. The first-order valence-electron chi connectivity index (χ1n) is 5.89. The van der Waals surface area contributed by atoms with Gasteiger partial charge in [-0.25, -0.2) is 0 Å². The van der Waals surface area contributed by atoms with Crippen molar-refractivity contribution in [1.82, 2.24) is 5.32 Å². The summed E-state index contributed by atoms with van der Waals surface area (Å²) >= 11 is 3.61. The van der Waals surface area contributed by atoms with Crippen molar-refractivity contribution in [2.45, 2.75) is 25.3 Å². The number of methoxy groups -OCH3 is 2. The second-order valence-corrected chi connectivity index (χ2v) is 5.05. The standard InChI is InChI=1S/C13H18BrNO2/c1-16-11-5-6-12(17-2)13(14)10(11)8-9-4-3-7-15-9/h5-6,9,15H,3-4,7-8H2,1-2H3. The first-order valence-corrected chi connectivity index (χ1v) is 6.68. The molecule has 1 atom stereocenters. The molecule has 0 saturated carbocycles. The molecule has 1 saturated heterocycles. The zero-order valence-corrected chi connectivity index (χ0v) is 11.8. The van der Waals surface area contributed by atoms with Crippen molar-refractivity contribution >= 4 is 15.9 Å². The highest BCUT2D eigenvalue weighted by Gasteiger charge is 2.20. The lowest BCUT2D eigenvalue weighted by atomic mass is 10.0. The van der Waals surface area contributed by atoms with Gasteiger partial charge in [-0.3, -0.25) is 0 Å². The summed E-state index contributed by atoms with van der Waals surface area (Å²) in [5.41, 5.74) is 1.19. The average molecular weight is 300 g/mol. The smallest absolute Gasteiger partial charge is 0.133 e. The van der Waals surface area contributed by atoms with E-state index < -0.39 is 0 Å². The van der Waals surface area contributed by atoms with Gasteiger partial charge < -0.3 is 14.8 Å². The minimum absolute atomic E-state index is 0.548. The highest BCUT2D eigenvalue weighted by molar-refractivity contribution is 9.10. The minimum Gasteiger partial charge on any atom is -0.496 e. The number of ether oxygens (including phenoxy) is 2. The second-order valence-electron chi connectivity index (χ2n) is 4.26. The Labute approximate surface area is 111 Å². The Morgan fingerprint density at radius 2 is 2.00 bits per heavy atom. The van der Waals surface area contributed by atoms with Crippen LogP contribution in [-0.2, 0) is 6.42 Å². The molecule has 2 rings (SSSR count). The van der Waals surface area contributed by atoms with Crippen molar-refractivity contribution < 1.29 is 9.47 Å². The van der Waals surface area contributed by atoms with E-state index in [0.717, 1.165) is 28.9 Å². The zero-order valence-electron chi connectivity index (χ0n) is 10.3. The molecule has 0 bridgehead atoms. The number of hydrogen-bond acceptors (Lipinski definition) is 3. The lowest BCUT2D eigenvalue weighted by Crippen LogP contribution is -2.24. The summed E-state index contributed by atoms with van der Waals surface area (Å²) in [4.78, 5) is 0. The van der Waals surface area contributed by atoms with E-state index in [-0.39, 0.29) is 0 Å². The molecule has 3 nitrogen and oxygen atoms in total. The fraction of sp³-hybridized carbons (Fsp3) is 0.538. The van der Waals surface area contributed by atoms with Gasteiger partial charge in [0, 0.05) is 11.6 Å². The van der Waals surface area contributed by atoms with E-state index >= 15 is 0 Å². The van der Waals surface area contributed by atoms with Gasteiger partial charge in [-0.05, 0) is 53.9 Å². The van der Waals surface area contributed by atoms with E-state index in [2.05, 4.69) is 21.2 Å². The van der Waals surface area contributed by atoms with E-state index in [9.17, 15) is 0 Å². The Bertz CT molecular complexity index is 389. The first kappa shape index (κ1) is 12.7. The van der Waals surface area contributed by atoms with E-state index in [1.165, 1.54) is 18.4 Å². The molecule has 1 aliphatic rings. The Morgan fingerprint density at radius 1 is 1.29 bits per heavy atom. The maximum absolute atomic E-state index is 5.42. The monoisotopic (exact) mass is 299 g/mol. The van der Waals surface area contributed by atoms with E-state index in [1.807, 2.05) is 12.1 Å². The molecule has 0 spiro atoms. The van der Waals surface area contributed by atoms with Crippen LogP contribution in [0.15, 0.2) is 16.6 Å². The fourth-order valence-electron chi connectivity index (χ4n) is 2.30. The van der Waals surface area contributed by atoms with Crippen molar-refractivity contribution in [3.8, 4) is 11.5 Å². The van der Waals surface area contributed by atoms with Crippen molar-refractivity contribution in [2.75, 3.05) is 20.8 Å². The third-order valence-corrected chi connectivity index (χ3v) is 4.09. The van der Waals surface area contributed by atoms with Gasteiger partial charge in [0.05, 0.1) is 18.7 Å². The zero-order chi connectivity index (χ0) is 12.3. The first-order chi connectivity index (χ1) is 8.26. The number of halogens is 1. The van der Waals surface area contributed by atoms with Crippen molar-refractivity contribution in [2.24, 2.45) is 0 Å². The highest BCUT2D eigenvalue weighted by Crippen LogP contribution is 2.36. The van der Waals surface area contributed by atoms with Gasteiger partial charge in [0.25, 0.3) is 0 Å². The second kappa shape index (κ2) is 5.74. The topological polar surface area (TPSA) is 30.5 Å². The van der Waals surface area contributed by atoms with Crippen molar-refractivity contribution in [3.05, 3.63) is 22.2 Å². The predicted octanol–water partition coefficient (Wildman–Crippen LogP) is 2.76. The van der Waals surface area contributed by atoms with E-state index in [1.54, 1.807) is 14.2 Å². The molecule has 1 aromatic rings. The number of rotatable bonds is 4. The maximum atomic E-state index is 5.42. The Kier molecular flexibility index (Phi) is 4.29. The third-order valence-electron chi connectivity index (χ3n) is 3.22. The molecule has 0 amide bonds. The Hall–Kier alpha value is -0.740. The van der Waals surface area contributed by atoms with Gasteiger partial charge in [-0.2, -0.15) is 0 Å². The van der Waals surface area contributed by atoms with Crippen LogP contribution >= 0.6 is 15.9 Å². The van der Waals surface area contributed by atoms with Crippen LogP contribution in [0.3, 0.4) is 0 Å². The SMILES string of the molecule is COc1ccc(OC)c(CC2CCCN2)c1Br. The van der Waals surface area contributed by atoms with Crippen molar-refractivity contribution in [3.63, 3.8) is 0 Å². The molecule has 1 unspecified atom stereocenters. The van der Waals surface area contributed by atoms with Crippen LogP contribution in [0.5, 0.6) is 11.5 Å². The third kappa shape index (κ3) is 2.75. The highest BCUT2D eigenvalue weighted by atomic mass is 79.9. The molecule has 17 heavy (non-hydrogen) atoms. The minimum atomic E-state index is 0.548. The number of nitrogens with one attached hydrogen (secondary N) is 1. The average Bonchev–Trinajstić information content (AvgIpc) is 2.84. The van der Waals surface area contributed by atoms with Crippen LogP contribution in [0.2, 0.25) is 0 Å². The van der Waals surface area contributed by atoms with Gasteiger partial charge in [-0.15, -0.1) is 0 Å². The lowest BCUT2D eigenvalue weighted by molar-refractivity contribution is 0.394. The molecule has 0 aromatic heterocycles. The van der Waals surface area contributed by atoms with Crippen LogP contribution in [0.4, 0.5) is 0 Å². The van der Waals surface area contributed by atoms with Gasteiger partial charge in [0.1, 0.15) is 11.5 Å². The molecule has 4 heteroatoms. The maximum Gasteiger partial charge on any atom is 0.133 e. The van der Waals surface area contributed by atoms with Gasteiger partial charge in [0.2, 0.25) is 0 Å². The Morgan fingerprint density at radius 3 is 2.59 bits per heavy atom. The normalized spacial score (nSPS) is 19.4. The van der Waals surface area contributed by atoms with Gasteiger partial charge in [0.15, 0.2) is 0 Å². The van der Waals surface area contributed by atoms with Crippen LogP contribution < -0.4 is 14.8 Å². The lowest BCUT2D eigenvalue weighted by Gasteiger charge is -2.17. The van der Waals surface area contributed by atoms with E-state index in [0.29, 0.717) is 6.04 Å². The number of hydrogen-bond donors (Lipinski definition) is 1. The largest absolute Gasteiger partial charge is 0.496 e. The van der Waals surface area contributed by atoms with Gasteiger partial charge in [-0.1, -0.05) is 0 Å². The molecule has 0 radical (unpaired) electrons. The molecule has 1 aromatic carbocycles. The van der Waals surface area contributed by atoms with Crippen LogP contribution in [0.25, 0.3) is 0 Å². The summed E-state index contributed by atoms with van der Waals surface area (Å²) in [5, 5.41) is 3.50. The summed E-state index contributed by atoms with van der Waals surface area (Å²) in [6, 6.07) is 4.44. The summed E-state index contributed by atoms with van der Waals surface area (Å²) in [7, 11) is 3.39. The summed E-state index contributed by atoms with van der Waals surface area (Å²) in [5.74, 6) is 1.78. The van der Waals surface area contributed by atoms with Crippen LogP contribution in [-0.4, -0.2) is 26.8 Å². The molecule has 1 aliphatic heterocycles. The van der Waals surface area contributed by atoms with E-state index in [4.69, 9.17) is 9.47 Å². The molecular formula is C13H18BrNO2. The molecule has 0 aliphatic carbocycles. The van der Waals surface area contributed by atoms with Crippen molar-refractivity contribution in [1.29, 1.82) is 0 Å². The van der Waals surface area contributed by atoms with Crippen LogP contribution in [0.1, 0.15) is 18.4 Å². The van der Waals surface area contributed by atoms with Gasteiger partial charge >= 0.3 is 0 Å². The fourth-order valence-corrected chi connectivity index (χ4v) is 2.95. The molecule has 1 N–H and O–H groups in total. The quantitative estimate of drug-likeness (QED) is 0.927. The predicted molar refractivity (Wildman–Crippen MR) is 72.0 cm³/mol. The summed E-state index contributed by atoms with van der Waals surface area (Å²) < 4.78 is 11.8. The van der Waals surface area contributed by atoms with Crippen LogP contribution in [0, 0.1) is 0 Å². The summed E-state index contributed by atoms with van der Waals surface area (Å²) in [6.07, 6.45) is 3.46. The number of benzene rings is 1. The molecular weight excluding hydrogens is 282 g/mol. The summed E-state index contributed by atoms with van der Waals surface area (Å²) in [6.45, 7) is 1.12.